The summed E-state index contributed by atoms with van der Waals surface area (Å²) in [6, 6.07) is 2.03. The Morgan fingerprint density at radius 1 is 1.64 bits per heavy atom. The van der Waals surface area contributed by atoms with E-state index in [-0.39, 0.29) is 6.61 Å². The van der Waals surface area contributed by atoms with Crippen LogP contribution in [0.25, 0.3) is 0 Å². The average Bonchev–Trinajstić information content (AvgIpc) is 2.79. The van der Waals surface area contributed by atoms with Crippen molar-refractivity contribution in [3.05, 3.63) is 33.0 Å². The summed E-state index contributed by atoms with van der Waals surface area (Å²) in [6.07, 6.45) is 0. The second-order valence-electron chi connectivity index (χ2n) is 2.82. The molecule has 14 heavy (non-hydrogen) atoms. The molecule has 74 valence electrons. The summed E-state index contributed by atoms with van der Waals surface area (Å²) in [6.45, 7) is 0.562. The van der Waals surface area contributed by atoms with E-state index >= 15 is 0 Å². The standard InChI is InChI=1S/C8H9N3OS2/c12-4-7-9-10-8(13)11(7)3-6-1-2-14-5-6/h1-2,5,12H,3-4H2,(H,10,13). The highest BCUT2D eigenvalue weighted by Gasteiger charge is 2.05. The molecular weight excluding hydrogens is 218 g/mol. The van der Waals surface area contributed by atoms with E-state index in [4.69, 9.17) is 17.3 Å². The molecule has 0 saturated heterocycles. The van der Waals surface area contributed by atoms with E-state index in [1.165, 1.54) is 5.56 Å². The number of nitrogens with one attached hydrogen (secondary N) is 1. The van der Waals surface area contributed by atoms with Crippen LogP contribution in [-0.2, 0) is 13.2 Å². The topological polar surface area (TPSA) is 53.8 Å². The minimum atomic E-state index is -0.0999. The number of aromatic amines is 1. The highest BCUT2D eigenvalue weighted by molar-refractivity contribution is 7.71. The van der Waals surface area contributed by atoms with Crippen LogP contribution in [0, 0.1) is 4.77 Å². The fourth-order valence-corrected chi connectivity index (χ4v) is 2.07. The van der Waals surface area contributed by atoms with Crippen LogP contribution in [0.3, 0.4) is 0 Å². The molecular formula is C8H9N3OS2. The van der Waals surface area contributed by atoms with Crippen molar-refractivity contribution in [2.24, 2.45) is 0 Å². The zero-order valence-corrected chi connectivity index (χ0v) is 8.94. The number of rotatable bonds is 3. The van der Waals surface area contributed by atoms with Gasteiger partial charge in [-0.05, 0) is 34.6 Å². The first-order valence-electron chi connectivity index (χ1n) is 4.07. The lowest BCUT2D eigenvalue weighted by molar-refractivity contribution is 0.265. The van der Waals surface area contributed by atoms with Gasteiger partial charge in [-0.2, -0.15) is 16.4 Å². The molecule has 0 fully saturated rings. The molecule has 0 aliphatic carbocycles. The van der Waals surface area contributed by atoms with E-state index < -0.39 is 0 Å². The first-order chi connectivity index (χ1) is 6.81. The van der Waals surface area contributed by atoms with E-state index in [0.717, 1.165) is 0 Å². The monoisotopic (exact) mass is 227 g/mol. The molecule has 0 radical (unpaired) electrons. The van der Waals surface area contributed by atoms with Gasteiger partial charge in [0.2, 0.25) is 0 Å². The number of H-pyrrole nitrogens is 1. The Hall–Kier alpha value is -0.980. The van der Waals surface area contributed by atoms with Crippen LogP contribution in [0.1, 0.15) is 11.4 Å². The second-order valence-corrected chi connectivity index (χ2v) is 3.99. The fourth-order valence-electron chi connectivity index (χ4n) is 1.20. The van der Waals surface area contributed by atoms with Crippen molar-refractivity contribution in [3.63, 3.8) is 0 Å². The smallest absolute Gasteiger partial charge is 0.195 e. The summed E-state index contributed by atoms with van der Waals surface area (Å²) in [5, 5.41) is 19.7. The van der Waals surface area contributed by atoms with Crippen LogP contribution in [-0.4, -0.2) is 19.9 Å². The van der Waals surface area contributed by atoms with Gasteiger partial charge in [-0.3, -0.25) is 9.67 Å². The van der Waals surface area contributed by atoms with Crippen molar-refractivity contribution in [1.29, 1.82) is 0 Å². The Bertz CT molecular complexity index is 457. The van der Waals surface area contributed by atoms with Crippen LogP contribution < -0.4 is 0 Å². The van der Waals surface area contributed by atoms with E-state index in [2.05, 4.69) is 15.6 Å². The van der Waals surface area contributed by atoms with Gasteiger partial charge in [0, 0.05) is 0 Å². The van der Waals surface area contributed by atoms with Gasteiger partial charge in [0.1, 0.15) is 6.61 Å². The van der Waals surface area contributed by atoms with Gasteiger partial charge in [-0.25, -0.2) is 0 Å². The molecule has 0 aliphatic heterocycles. The van der Waals surface area contributed by atoms with Crippen molar-refractivity contribution >= 4 is 23.6 Å². The third-order valence-electron chi connectivity index (χ3n) is 1.90. The third-order valence-corrected chi connectivity index (χ3v) is 2.94. The van der Waals surface area contributed by atoms with Gasteiger partial charge < -0.3 is 5.11 Å². The highest BCUT2D eigenvalue weighted by Crippen LogP contribution is 2.09. The van der Waals surface area contributed by atoms with Gasteiger partial charge >= 0.3 is 0 Å². The maximum atomic E-state index is 9.01. The second kappa shape index (κ2) is 4.04. The number of aromatic nitrogens is 3. The molecule has 2 aromatic heterocycles. The quantitative estimate of drug-likeness (QED) is 0.782. The summed E-state index contributed by atoms with van der Waals surface area (Å²) in [5.74, 6) is 0.571. The molecule has 0 bridgehead atoms. The normalized spacial score (nSPS) is 10.6. The Morgan fingerprint density at radius 3 is 3.14 bits per heavy atom. The molecule has 0 spiro atoms. The lowest BCUT2D eigenvalue weighted by atomic mass is 10.3. The SMILES string of the molecule is OCc1n[nH]c(=S)n1Cc1ccsc1. The van der Waals surface area contributed by atoms with Gasteiger partial charge in [-0.1, -0.05) is 0 Å². The molecule has 0 amide bonds. The molecule has 0 aliphatic rings. The highest BCUT2D eigenvalue weighted by atomic mass is 32.1. The molecule has 4 nitrogen and oxygen atoms in total. The third kappa shape index (κ3) is 1.77. The minimum absolute atomic E-state index is 0.0999. The number of hydrogen-bond donors (Lipinski definition) is 2. The van der Waals surface area contributed by atoms with Gasteiger partial charge in [0.15, 0.2) is 10.6 Å². The van der Waals surface area contributed by atoms with Crippen molar-refractivity contribution in [3.8, 4) is 0 Å². The molecule has 2 N–H and O–H groups in total. The predicted molar refractivity (Wildman–Crippen MR) is 56.8 cm³/mol. The van der Waals surface area contributed by atoms with Crippen LogP contribution in [0.5, 0.6) is 0 Å². The van der Waals surface area contributed by atoms with Crippen LogP contribution in [0.4, 0.5) is 0 Å². The molecule has 0 unspecified atom stereocenters. The summed E-state index contributed by atoms with van der Waals surface area (Å²) in [7, 11) is 0. The summed E-state index contributed by atoms with van der Waals surface area (Å²) >= 11 is 6.69. The first-order valence-corrected chi connectivity index (χ1v) is 5.42. The Balaban J connectivity index is 2.32. The fraction of sp³-hybridized carbons (Fsp3) is 0.250. The number of thiophene rings is 1. The van der Waals surface area contributed by atoms with Gasteiger partial charge in [-0.15, -0.1) is 0 Å². The van der Waals surface area contributed by atoms with E-state index in [9.17, 15) is 0 Å². The number of hydrogen-bond acceptors (Lipinski definition) is 4. The van der Waals surface area contributed by atoms with Crippen molar-refractivity contribution in [1.82, 2.24) is 14.8 Å². The summed E-state index contributed by atoms with van der Waals surface area (Å²) in [4.78, 5) is 0. The van der Waals surface area contributed by atoms with Crippen molar-refractivity contribution < 1.29 is 5.11 Å². The molecule has 6 heteroatoms. The number of aliphatic hydroxyl groups is 1. The number of aliphatic hydroxyl groups excluding tert-OH is 1. The van der Waals surface area contributed by atoms with Gasteiger partial charge in [0.25, 0.3) is 0 Å². The summed E-state index contributed by atoms with van der Waals surface area (Å²) in [5.41, 5.74) is 1.17. The molecule has 0 saturated carbocycles. The Labute approximate surface area is 89.8 Å². The minimum Gasteiger partial charge on any atom is -0.388 e. The van der Waals surface area contributed by atoms with Crippen LogP contribution in [0.2, 0.25) is 0 Å². The Kier molecular flexibility index (Phi) is 2.76. The molecule has 0 aromatic carbocycles. The first kappa shape index (κ1) is 9.57. The van der Waals surface area contributed by atoms with Crippen LogP contribution in [0.15, 0.2) is 16.8 Å². The molecule has 2 aromatic rings. The van der Waals surface area contributed by atoms with E-state index in [1.807, 2.05) is 11.4 Å². The largest absolute Gasteiger partial charge is 0.388 e. The zero-order valence-electron chi connectivity index (χ0n) is 7.30. The summed E-state index contributed by atoms with van der Waals surface area (Å²) < 4.78 is 2.33. The molecule has 0 atom stereocenters. The molecule has 2 heterocycles. The van der Waals surface area contributed by atoms with Crippen LogP contribution >= 0.6 is 23.6 Å². The lowest BCUT2D eigenvalue weighted by Gasteiger charge is -2.02. The predicted octanol–water partition coefficient (Wildman–Crippen LogP) is 1.54. The maximum Gasteiger partial charge on any atom is 0.195 e. The van der Waals surface area contributed by atoms with Crippen molar-refractivity contribution in [2.45, 2.75) is 13.2 Å². The zero-order chi connectivity index (χ0) is 9.97. The van der Waals surface area contributed by atoms with Crippen molar-refractivity contribution in [2.75, 3.05) is 0 Å². The lowest BCUT2D eigenvalue weighted by Crippen LogP contribution is -2.04. The molecule has 2 rings (SSSR count). The Morgan fingerprint density at radius 2 is 2.50 bits per heavy atom. The average molecular weight is 227 g/mol. The van der Waals surface area contributed by atoms with E-state index in [0.29, 0.717) is 17.1 Å². The maximum absolute atomic E-state index is 9.01. The number of nitrogens with zero attached hydrogens (tertiary/aromatic N) is 2. The van der Waals surface area contributed by atoms with Gasteiger partial charge in [0.05, 0.1) is 6.54 Å². The van der Waals surface area contributed by atoms with E-state index in [1.54, 1.807) is 15.9 Å².